The number of methoxy groups -OCH3 is 2. The molecule has 0 bridgehead atoms. The maximum Gasteiger partial charge on any atom is 0.191 e. The van der Waals surface area contributed by atoms with Crippen LogP contribution in [0, 0.1) is 0 Å². The summed E-state index contributed by atoms with van der Waals surface area (Å²) in [4.78, 5) is 5.58. The van der Waals surface area contributed by atoms with Crippen molar-refractivity contribution in [3.63, 3.8) is 0 Å². The molecule has 2 aromatic carbocycles. The fraction of sp³-hybridized carbons (Fsp3) is 0.350. The van der Waals surface area contributed by atoms with Crippen LogP contribution in [0.3, 0.4) is 0 Å². The Labute approximate surface area is 183 Å². The van der Waals surface area contributed by atoms with E-state index in [-0.39, 0.29) is 24.0 Å². The Hall–Kier alpha value is -1.61. The Bertz CT molecular complexity index is 699. The van der Waals surface area contributed by atoms with E-state index in [1.54, 1.807) is 21.3 Å². The molecule has 0 fully saturated rings. The molecule has 0 aliphatic carbocycles. The monoisotopic (exact) mass is 501 g/mol. The van der Waals surface area contributed by atoms with Crippen molar-refractivity contribution in [2.24, 2.45) is 4.99 Å². The Balaban J connectivity index is 0.00000364. The fourth-order valence-electron chi connectivity index (χ4n) is 2.38. The minimum absolute atomic E-state index is 0. The highest BCUT2D eigenvalue weighted by atomic mass is 127. The molecule has 0 amide bonds. The van der Waals surface area contributed by atoms with Gasteiger partial charge in [0.1, 0.15) is 0 Å². The number of ether oxygens (including phenoxy) is 2. The molecule has 0 aromatic heterocycles. The smallest absolute Gasteiger partial charge is 0.191 e. The fourth-order valence-corrected chi connectivity index (χ4v) is 3.26. The Morgan fingerprint density at radius 1 is 1.00 bits per heavy atom. The van der Waals surface area contributed by atoms with Crippen molar-refractivity contribution < 1.29 is 9.47 Å². The molecule has 27 heavy (non-hydrogen) atoms. The molecular formula is C20H28IN3O2S. The van der Waals surface area contributed by atoms with Crippen LogP contribution in [-0.2, 0) is 6.54 Å². The number of hydrogen-bond donors (Lipinski definition) is 2. The summed E-state index contributed by atoms with van der Waals surface area (Å²) in [5, 5.41) is 6.67. The lowest BCUT2D eigenvalue weighted by Gasteiger charge is -2.13. The highest BCUT2D eigenvalue weighted by Gasteiger charge is 2.05. The summed E-state index contributed by atoms with van der Waals surface area (Å²) in [6.45, 7) is 1.55. The van der Waals surface area contributed by atoms with Gasteiger partial charge in [-0.1, -0.05) is 24.3 Å². The summed E-state index contributed by atoms with van der Waals surface area (Å²) in [5.41, 5.74) is 1.10. The predicted octanol–water partition coefficient (Wildman–Crippen LogP) is 4.17. The molecule has 2 rings (SSSR count). The molecule has 2 N–H and O–H groups in total. The van der Waals surface area contributed by atoms with E-state index in [2.05, 4.69) is 39.9 Å². The lowest BCUT2D eigenvalue weighted by molar-refractivity contribution is 0.354. The number of rotatable bonds is 9. The SMILES string of the molecule is CN=C(NCCCSc1ccccc1)NCc1ccc(OC)c(OC)c1.I. The third kappa shape index (κ3) is 8.30. The molecule has 0 aliphatic heterocycles. The Morgan fingerprint density at radius 3 is 2.41 bits per heavy atom. The van der Waals surface area contributed by atoms with Gasteiger partial charge < -0.3 is 20.1 Å². The minimum atomic E-state index is 0. The summed E-state index contributed by atoms with van der Waals surface area (Å²) in [6.07, 6.45) is 1.07. The topological polar surface area (TPSA) is 54.9 Å². The van der Waals surface area contributed by atoms with E-state index in [9.17, 15) is 0 Å². The summed E-state index contributed by atoms with van der Waals surface area (Å²) in [5.74, 6) is 3.33. The van der Waals surface area contributed by atoms with E-state index >= 15 is 0 Å². The van der Waals surface area contributed by atoms with Crippen molar-refractivity contribution in [1.82, 2.24) is 10.6 Å². The summed E-state index contributed by atoms with van der Waals surface area (Å²) in [6, 6.07) is 16.4. The van der Waals surface area contributed by atoms with E-state index < -0.39 is 0 Å². The van der Waals surface area contributed by atoms with Gasteiger partial charge in [-0.3, -0.25) is 4.99 Å². The maximum absolute atomic E-state index is 5.34. The first kappa shape index (κ1) is 23.4. The Morgan fingerprint density at radius 2 is 1.74 bits per heavy atom. The Kier molecular flexibility index (Phi) is 11.8. The van der Waals surface area contributed by atoms with Gasteiger partial charge in [0, 0.05) is 25.0 Å². The van der Waals surface area contributed by atoms with Crippen molar-refractivity contribution in [1.29, 1.82) is 0 Å². The van der Waals surface area contributed by atoms with Crippen LogP contribution >= 0.6 is 35.7 Å². The highest BCUT2D eigenvalue weighted by Crippen LogP contribution is 2.27. The first-order chi connectivity index (χ1) is 12.8. The first-order valence-electron chi connectivity index (χ1n) is 8.60. The van der Waals surface area contributed by atoms with Crippen LogP contribution in [0.2, 0.25) is 0 Å². The van der Waals surface area contributed by atoms with E-state index in [0.29, 0.717) is 6.54 Å². The molecule has 148 valence electrons. The van der Waals surface area contributed by atoms with E-state index in [0.717, 1.165) is 41.7 Å². The van der Waals surface area contributed by atoms with Crippen LogP contribution in [0.1, 0.15) is 12.0 Å². The van der Waals surface area contributed by atoms with Crippen LogP contribution < -0.4 is 20.1 Å². The number of thioether (sulfide) groups is 1. The number of nitrogens with one attached hydrogen (secondary N) is 2. The molecule has 0 heterocycles. The molecule has 0 spiro atoms. The molecular weight excluding hydrogens is 473 g/mol. The van der Waals surface area contributed by atoms with Crippen molar-refractivity contribution in [2.45, 2.75) is 17.9 Å². The maximum atomic E-state index is 5.34. The zero-order valence-electron chi connectivity index (χ0n) is 16.0. The minimum Gasteiger partial charge on any atom is -0.493 e. The lowest BCUT2D eigenvalue weighted by atomic mass is 10.2. The first-order valence-corrected chi connectivity index (χ1v) is 9.58. The standard InChI is InChI=1S/C20H27N3O2S.HI/c1-21-20(22-12-7-13-26-17-8-5-4-6-9-17)23-15-16-10-11-18(24-2)19(14-16)25-3;/h4-6,8-11,14H,7,12-13,15H2,1-3H3,(H2,21,22,23);1H. The number of benzene rings is 2. The van der Waals surface area contributed by atoms with Crippen LogP contribution in [0.5, 0.6) is 11.5 Å². The van der Waals surface area contributed by atoms with Gasteiger partial charge >= 0.3 is 0 Å². The second kappa shape index (κ2) is 13.5. The quantitative estimate of drug-likeness (QED) is 0.178. The second-order valence-corrected chi connectivity index (χ2v) is 6.73. The number of hydrogen-bond acceptors (Lipinski definition) is 4. The molecule has 0 atom stereocenters. The molecule has 0 saturated carbocycles. The average molecular weight is 501 g/mol. The zero-order chi connectivity index (χ0) is 18.6. The number of nitrogens with zero attached hydrogens (tertiary/aromatic N) is 1. The molecule has 7 heteroatoms. The molecule has 2 aromatic rings. The van der Waals surface area contributed by atoms with Crippen LogP contribution in [0.25, 0.3) is 0 Å². The van der Waals surface area contributed by atoms with Gasteiger partial charge in [-0.25, -0.2) is 0 Å². The number of guanidine groups is 1. The van der Waals surface area contributed by atoms with Gasteiger partial charge in [0.2, 0.25) is 0 Å². The van der Waals surface area contributed by atoms with Gasteiger partial charge in [-0.2, -0.15) is 0 Å². The van der Waals surface area contributed by atoms with Crippen LogP contribution in [-0.4, -0.2) is 39.5 Å². The summed E-state index contributed by atoms with van der Waals surface area (Å²) >= 11 is 1.87. The third-order valence-electron chi connectivity index (χ3n) is 3.76. The van der Waals surface area contributed by atoms with Crippen LogP contribution in [0.4, 0.5) is 0 Å². The van der Waals surface area contributed by atoms with Crippen molar-refractivity contribution >= 4 is 41.7 Å². The van der Waals surface area contributed by atoms with Gasteiger partial charge in [0.05, 0.1) is 14.2 Å². The number of halogens is 1. The summed E-state index contributed by atoms with van der Waals surface area (Å²) < 4.78 is 10.6. The zero-order valence-corrected chi connectivity index (χ0v) is 19.2. The third-order valence-corrected chi connectivity index (χ3v) is 4.86. The molecule has 0 saturated heterocycles. The molecule has 0 radical (unpaired) electrons. The number of aliphatic imine (C=N–C) groups is 1. The van der Waals surface area contributed by atoms with Crippen LogP contribution in [0.15, 0.2) is 58.4 Å². The highest BCUT2D eigenvalue weighted by molar-refractivity contribution is 14.0. The van der Waals surface area contributed by atoms with E-state index in [1.807, 2.05) is 36.0 Å². The second-order valence-electron chi connectivity index (χ2n) is 5.56. The van der Waals surface area contributed by atoms with Gasteiger partial charge in [0.25, 0.3) is 0 Å². The average Bonchev–Trinajstić information content (AvgIpc) is 2.70. The van der Waals surface area contributed by atoms with Crippen molar-refractivity contribution in [2.75, 3.05) is 33.6 Å². The molecule has 0 aliphatic rings. The summed E-state index contributed by atoms with van der Waals surface area (Å²) in [7, 11) is 5.06. The predicted molar refractivity (Wildman–Crippen MR) is 125 cm³/mol. The largest absolute Gasteiger partial charge is 0.493 e. The van der Waals surface area contributed by atoms with Gasteiger partial charge in [-0.05, 0) is 42.0 Å². The van der Waals surface area contributed by atoms with Crippen molar-refractivity contribution in [3.05, 3.63) is 54.1 Å². The van der Waals surface area contributed by atoms with E-state index in [4.69, 9.17) is 9.47 Å². The molecule has 0 unspecified atom stereocenters. The van der Waals surface area contributed by atoms with Gasteiger partial charge in [-0.15, -0.1) is 35.7 Å². The van der Waals surface area contributed by atoms with E-state index in [1.165, 1.54) is 4.90 Å². The normalized spacial score (nSPS) is 10.7. The van der Waals surface area contributed by atoms with Gasteiger partial charge in [0.15, 0.2) is 17.5 Å². The lowest BCUT2D eigenvalue weighted by Crippen LogP contribution is -2.37. The molecule has 5 nitrogen and oxygen atoms in total. The van der Waals surface area contributed by atoms with Crippen molar-refractivity contribution in [3.8, 4) is 11.5 Å².